The number of fused-ring (bicyclic) bond motifs is 1. The smallest absolute Gasteiger partial charge is 0.232 e. The van der Waals surface area contributed by atoms with Crippen LogP contribution in [-0.4, -0.2) is 16.8 Å². The minimum Gasteiger partial charge on any atom is -0.351 e. The number of anilines is 1. The van der Waals surface area contributed by atoms with E-state index in [4.69, 9.17) is 0 Å². The predicted molar refractivity (Wildman–Crippen MR) is 104 cm³/mol. The van der Waals surface area contributed by atoms with Gasteiger partial charge in [-0.2, -0.15) is 0 Å². The molecule has 0 bridgehead atoms. The molecular formula is C22H23N3O2. The molecule has 4 rings (SSSR count). The van der Waals surface area contributed by atoms with Crippen molar-refractivity contribution in [3.05, 3.63) is 72.2 Å². The first-order valence-corrected chi connectivity index (χ1v) is 9.46. The van der Waals surface area contributed by atoms with Crippen molar-refractivity contribution >= 4 is 17.5 Å². The summed E-state index contributed by atoms with van der Waals surface area (Å²) in [5, 5.41) is 3.09. The molecular weight excluding hydrogens is 338 g/mol. The van der Waals surface area contributed by atoms with E-state index < -0.39 is 5.41 Å². The summed E-state index contributed by atoms with van der Waals surface area (Å²) in [7, 11) is 0. The number of carbonyl (C=O) groups excluding carboxylic acids is 2. The Labute approximate surface area is 159 Å². The molecule has 1 saturated heterocycles. The Hall–Kier alpha value is -2.95. The van der Waals surface area contributed by atoms with Crippen molar-refractivity contribution in [2.75, 3.05) is 4.90 Å². The molecule has 1 N–H and O–H groups in total. The molecule has 138 valence electrons. The summed E-state index contributed by atoms with van der Waals surface area (Å²) in [4.78, 5) is 31.9. The molecule has 2 aromatic rings. The van der Waals surface area contributed by atoms with E-state index in [1.807, 2.05) is 42.5 Å². The van der Waals surface area contributed by atoms with E-state index in [9.17, 15) is 9.59 Å². The number of nitrogens with one attached hydrogen (secondary N) is 1. The highest BCUT2D eigenvalue weighted by Crippen LogP contribution is 2.48. The molecule has 1 aromatic carbocycles. The molecule has 2 amide bonds. The average molecular weight is 361 g/mol. The van der Waals surface area contributed by atoms with Gasteiger partial charge in [-0.05, 0) is 49.4 Å². The molecule has 2 aliphatic rings. The van der Waals surface area contributed by atoms with Crippen LogP contribution in [0.5, 0.6) is 0 Å². The van der Waals surface area contributed by atoms with Crippen LogP contribution in [0.2, 0.25) is 0 Å². The zero-order chi connectivity index (χ0) is 18.7. The van der Waals surface area contributed by atoms with Gasteiger partial charge < -0.3 is 5.32 Å². The average Bonchev–Trinajstić information content (AvgIpc) is 2.73. The highest BCUT2D eigenvalue weighted by molar-refractivity contribution is 6.02. The van der Waals surface area contributed by atoms with Crippen molar-refractivity contribution in [3.63, 3.8) is 0 Å². The molecule has 1 aliphatic heterocycles. The number of benzene rings is 1. The largest absolute Gasteiger partial charge is 0.351 e. The highest BCUT2D eigenvalue weighted by Gasteiger charge is 2.49. The van der Waals surface area contributed by atoms with Crippen LogP contribution in [0.15, 0.2) is 66.6 Å². The fraction of sp³-hybridized carbons (Fsp3) is 0.318. The molecule has 1 aliphatic carbocycles. The van der Waals surface area contributed by atoms with Crippen LogP contribution >= 0.6 is 0 Å². The Balaban J connectivity index is 1.63. The molecule has 5 heteroatoms. The topological polar surface area (TPSA) is 62.3 Å². The predicted octanol–water partition coefficient (Wildman–Crippen LogP) is 3.58. The Morgan fingerprint density at radius 1 is 1.15 bits per heavy atom. The molecule has 27 heavy (non-hydrogen) atoms. The summed E-state index contributed by atoms with van der Waals surface area (Å²) < 4.78 is 0. The summed E-state index contributed by atoms with van der Waals surface area (Å²) in [6.45, 7) is 0.445. The van der Waals surface area contributed by atoms with Gasteiger partial charge in [-0.3, -0.25) is 19.5 Å². The maximum absolute atomic E-state index is 13.3. The quantitative estimate of drug-likeness (QED) is 0.905. The maximum Gasteiger partial charge on any atom is 0.232 e. The molecule has 0 saturated carbocycles. The second-order valence-electron chi connectivity index (χ2n) is 7.17. The lowest BCUT2D eigenvalue weighted by Gasteiger charge is -2.45. The summed E-state index contributed by atoms with van der Waals surface area (Å²) >= 11 is 0. The third-order valence-electron chi connectivity index (χ3n) is 5.52. The van der Waals surface area contributed by atoms with Crippen LogP contribution in [0.25, 0.3) is 0 Å². The number of rotatable bonds is 4. The second-order valence-corrected chi connectivity index (χ2v) is 7.17. The maximum atomic E-state index is 13.3. The number of aromatic nitrogens is 1. The van der Waals surface area contributed by atoms with Crippen LogP contribution in [0.4, 0.5) is 5.69 Å². The van der Waals surface area contributed by atoms with E-state index in [0.717, 1.165) is 36.2 Å². The number of amides is 2. The van der Waals surface area contributed by atoms with Gasteiger partial charge in [-0.25, -0.2) is 0 Å². The molecule has 0 radical (unpaired) electrons. The summed E-state index contributed by atoms with van der Waals surface area (Å²) in [6.07, 6.45) is 9.13. The van der Waals surface area contributed by atoms with Crippen LogP contribution in [0.1, 0.15) is 37.7 Å². The monoisotopic (exact) mass is 361 g/mol. The number of nitrogens with zero attached hydrogens (tertiary/aromatic N) is 2. The molecule has 1 unspecified atom stereocenters. The van der Waals surface area contributed by atoms with E-state index in [0.29, 0.717) is 19.4 Å². The Kier molecular flexibility index (Phi) is 4.75. The minimum absolute atomic E-state index is 0.00531. The van der Waals surface area contributed by atoms with Crippen LogP contribution in [0.3, 0.4) is 0 Å². The van der Waals surface area contributed by atoms with E-state index in [-0.39, 0.29) is 11.8 Å². The van der Waals surface area contributed by atoms with Gasteiger partial charge in [0.15, 0.2) is 0 Å². The van der Waals surface area contributed by atoms with Gasteiger partial charge in [0, 0.05) is 36.7 Å². The van der Waals surface area contributed by atoms with Crippen LogP contribution in [-0.2, 0) is 16.1 Å². The molecule has 1 fully saturated rings. The summed E-state index contributed by atoms with van der Waals surface area (Å²) in [5.41, 5.74) is 2.01. The highest BCUT2D eigenvalue weighted by atomic mass is 16.2. The van der Waals surface area contributed by atoms with Crippen molar-refractivity contribution in [2.45, 2.75) is 38.6 Å². The van der Waals surface area contributed by atoms with E-state index in [1.165, 1.54) is 0 Å². The number of carbonyl (C=O) groups is 2. The van der Waals surface area contributed by atoms with Gasteiger partial charge in [-0.1, -0.05) is 30.3 Å². The number of para-hydroxylation sites is 1. The SMILES string of the molecule is O=C1CCC2(C(=O)NCc3cccnc3)CCCC=C2N1c1ccccc1. The lowest BCUT2D eigenvalue weighted by Crippen LogP contribution is -2.53. The van der Waals surface area contributed by atoms with Gasteiger partial charge in [0.05, 0.1) is 5.41 Å². The zero-order valence-corrected chi connectivity index (χ0v) is 15.2. The number of piperidine rings is 1. The fourth-order valence-corrected chi connectivity index (χ4v) is 4.15. The lowest BCUT2D eigenvalue weighted by molar-refractivity contribution is -0.132. The fourth-order valence-electron chi connectivity index (χ4n) is 4.15. The van der Waals surface area contributed by atoms with Crippen molar-refractivity contribution < 1.29 is 9.59 Å². The normalized spacial score (nSPS) is 22.0. The number of hydrogen-bond donors (Lipinski definition) is 1. The standard InChI is InChI=1S/C22H23N3O2/c26-20-11-13-22(21(27)24-16-17-7-6-14-23-15-17)12-5-4-10-19(22)25(20)18-8-2-1-3-9-18/h1-3,6-10,14-15H,4-5,11-13,16H2,(H,24,27). The van der Waals surface area contributed by atoms with Gasteiger partial charge in [0.1, 0.15) is 0 Å². The minimum atomic E-state index is -0.635. The zero-order valence-electron chi connectivity index (χ0n) is 15.2. The molecule has 2 heterocycles. The summed E-state index contributed by atoms with van der Waals surface area (Å²) in [6, 6.07) is 13.4. The van der Waals surface area contributed by atoms with Gasteiger partial charge in [0.25, 0.3) is 0 Å². The third kappa shape index (κ3) is 3.25. The molecule has 1 aromatic heterocycles. The van der Waals surface area contributed by atoms with E-state index >= 15 is 0 Å². The molecule has 0 spiro atoms. The number of hydrogen-bond acceptors (Lipinski definition) is 3. The Bertz CT molecular complexity index is 864. The first kappa shape index (κ1) is 17.5. The summed E-state index contributed by atoms with van der Waals surface area (Å²) in [5.74, 6) is 0.0655. The Morgan fingerprint density at radius 3 is 2.78 bits per heavy atom. The number of allylic oxidation sites excluding steroid dienone is 1. The second kappa shape index (κ2) is 7.35. The number of pyridine rings is 1. The van der Waals surface area contributed by atoms with Crippen LogP contribution in [0, 0.1) is 5.41 Å². The molecule has 5 nitrogen and oxygen atoms in total. The van der Waals surface area contributed by atoms with E-state index in [1.54, 1.807) is 17.3 Å². The van der Waals surface area contributed by atoms with Crippen molar-refractivity contribution in [1.82, 2.24) is 10.3 Å². The van der Waals surface area contributed by atoms with Crippen molar-refractivity contribution in [2.24, 2.45) is 5.41 Å². The van der Waals surface area contributed by atoms with Gasteiger partial charge in [0.2, 0.25) is 11.8 Å². The van der Waals surface area contributed by atoms with Crippen LogP contribution < -0.4 is 10.2 Å². The van der Waals surface area contributed by atoms with Gasteiger partial charge in [-0.15, -0.1) is 0 Å². The lowest BCUT2D eigenvalue weighted by atomic mass is 9.69. The van der Waals surface area contributed by atoms with E-state index in [2.05, 4.69) is 16.4 Å². The van der Waals surface area contributed by atoms with Crippen molar-refractivity contribution in [1.29, 1.82) is 0 Å². The third-order valence-corrected chi connectivity index (χ3v) is 5.52. The van der Waals surface area contributed by atoms with Gasteiger partial charge >= 0.3 is 0 Å². The van der Waals surface area contributed by atoms with Crippen molar-refractivity contribution in [3.8, 4) is 0 Å². The Morgan fingerprint density at radius 2 is 2.00 bits per heavy atom. The first-order chi connectivity index (χ1) is 13.2. The molecule has 1 atom stereocenters. The first-order valence-electron chi connectivity index (χ1n) is 9.46.